The Bertz CT molecular complexity index is 428. The summed E-state index contributed by atoms with van der Waals surface area (Å²) >= 11 is 0. The fourth-order valence-corrected chi connectivity index (χ4v) is 2.27. The number of hydrogen-bond donors (Lipinski definition) is 3. The van der Waals surface area contributed by atoms with Crippen molar-refractivity contribution in [3.8, 4) is 0 Å². The van der Waals surface area contributed by atoms with Crippen molar-refractivity contribution in [2.24, 2.45) is 16.8 Å². The van der Waals surface area contributed by atoms with Crippen LogP contribution in [0.25, 0.3) is 0 Å². The molecule has 0 spiro atoms. The van der Waals surface area contributed by atoms with E-state index >= 15 is 0 Å². The van der Waals surface area contributed by atoms with E-state index in [-0.39, 0.29) is 12.4 Å². The van der Waals surface area contributed by atoms with Crippen LogP contribution in [0.5, 0.6) is 0 Å². The Balaban J connectivity index is 2.19. The lowest BCUT2D eigenvalue weighted by atomic mass is 9.97. The van der Waals surface area contributed by atoms with Crippen molar-refractivity contribution in [2.75, 3.05) is 24.6 Å². The average molecular weight is 250 g/mol. The number of aromatic nitrogens is 1. The zero-order chi connectivity index (χ0) is 13.0. The van der Waals surface area contributed by atoms with Crippen molar-refractivity contribution in [3.05, 3.63) is 24.0 Å². The van der Waals surface area contributed by atoms with Crippen molar-refractivity contribution >= 4 is 11.5 Å². The highest BCUT2D eigenvalue weighted by atomic mass is 16.4. The Morgan fingerprint density at radius 3 is 2.83 bits per heavy atom. The number of amidine groups is 1. The van der Waals surface area contributed by atoms with Crippen LogP contribution in [0, 0.1) is 5.92 Å². The topological polar surface area (TPSA) is 95.0 Å². The molecule has 6 heteroatoms. The van der Waals surface area contributed by atoms with Gasteiger partial charge in [0.2, 0.25) is 0 Å². The largest absolute Gasteiger partial charge is 0.409 e. The zero-order valence-electron chi connectivity index (χ0n) is 10.2. The molecule has 0 aliphatic carbocycles. The number of anilines is 1. The van der Waals surface area contributed by atoms with E-state index in [0.29, 0.717) is 11.5 Å². The van der Waals surface area contributed by atoms with Crippen LogP contribution in [-0.2, 0) is 0 Å². The Labute approximate surface area is 106 Å². The minimum Gasteiger partial charge on any atom is -0.409 e. The Hall–Kier alpha value is -1.82. The molecule has 0 aromatic carbocycles. The van der Waals surface area contributed by atoms with Gasteiger partial charge in [0.15, 0.2) is 5.84 Å². The van der Waals surface area contributed by atoms with Crippen LogP contribution in [-0.4, -0.2) is 40.8 Å². The summed E-state index contributed by atoms with van der Waals surface area (Å²) in [5.74, 6) is 0.474. The number of aliphatic hydroxyl groups excluding tert-OH is 1. The number of rotatable bonds is 3. The molecule has 1 aliphatic rings. The first kappa shape index (κ1) is 12.6. The summed E-state index contributed by atoms with van der Waals surface area (Å²) in [6, 6.07) is 1.74. The van der Waals surface area contributed by atoms with E-state index in [1.165, 1.54) is 0 Å². The van der Waals surface area contributed by atoms with Crippen LogP contribution in [0.3, 0.4) is 0 Å². The SMILES string of the molecule is N/C(=N/O)c1ccncc1N1CCC(CO)CC1. The summed E-state index contributed by atoms with van der Waals surface area (Å²) in [5, 5.41) is 21.0. The van der Waals surface area contributed by atoms with E-state index in [9.17, 15) is 0 Å². The average Bonchev–Trinajstić information content (AvgIpc) is 2.46. The first-order valence-electron chi connectivity index (χ1n) is 6.04. The number of piperidine rings is 1. The molecule has 0 bridgehead atoms. The lowest BCUT2D eigenvalue weighted by molar-refractivity contribution is 0.203. The van der Waals surface area contributed by atoms with Gasteiger partial charge in [-0.05, 0) is 24.8 Å². The summed E-state index contributed by atoms with van der Waals surface area (Å²) in [6.07, 6.45) is 5.24. The van der Waals surface area contributed by atoms with Gasteiger partial charge in [0.05, 0.1) is 11.9 Å². The maximum Gasteiger partial charge on any atom is 0.172 e. The van der Waals surface area contributed by atoms with Crippen molar-refractivity contribution < 1.29 is 10.3 Å². The van der Waals surface area contributed by atoms with Crippen LogP contribution in [0.1, 0.15) is 18.4 Å². The molecule has 1 aromatic heterocycles. The number of hydrogen-bond acceptors (Lipinski definition) is 5. The van der Waals surface area contributed by atoms with Crippen molar-refractivity contribution in [1.29, 1.82) is 0 Å². The zero-order valence-corrected chi connectivity index (χ0v) is 10.2. The van der Waals surface area contributed by atoms with Crippen molar-refractivity contribution in [3.63, 3.8) is 0 Å². The number of aliphatic hydroxyl groups is 1. The molecular weight excluding hydrogens is 232 g/mol. The fourth-order valence-electron chi connectivity index (χ4n) is 2.27. The second kappa shape index (κ2) is 5.68. The molecule has 6 nitrogen and oxygen atoms in total. The van der Waals surface area contributed by atoms with E-state index < -0.39 is 0 Å². The summed E-state index contributed by atoms with van der Waals surface area (Å²) in [7, 11) is 0. The van der Waals surface area contributed by atoms with Crippen molar-refractivity contribution in [2.45, 2.75) is 12.8 Å². The molecular formula is C12H18N4O2. The second-order valence-corrected chi connectivity index (χ2v) is 4.49. The summed E-state index contributed by atoms with van der Waals surface area (Å²) in [4.78, 5) is 6.25. The molecule has 98 valence electrons. The highest BCUT2D eigenvalue weighted by molar-refractivity contribution is 6.02. The monoisotopic (exact) mass is 250 g/mol. The van der Waals surface area contributed by atoms with Gasteiger partial charge < -0.3 is 20.9 Å². The second-order valence-electron chi connectivity index (χ2n) is 4.49. The molecule has 1 fully saturated rings. The number of pyridine rings is 1. The first-order chi connectivity index (χ1) is 8.76. The molecule has 18 heavy (non-hydrogen) atoms. The van der Waals surface area contributed by atoms with Gasteiger partial charge >= 0.3 is 0 Å². The number of nitrogens with two attached hydrogens (primary N) is 1. The highest BCUT2D eigenvalue weighted by Gasteiger charge is 2.21. The number of nitrogens with zero attached hydrogens (tertiary/aromatic N) is 3. The maximum absolute atomic E-state index is 9.13. The van der Waals surface area contributed by atoms with E-state index in [1.807, 2.05) is 0 Å². The standard InChI is InChI=1S/C12H18N4O2/c13-12(15-18)10-1-4-14-7-11(10)16-5-2-9(8-17)3-6-16/h1,4,7,9,17-18H,2-3,5-6,8H2,(H2,13,15). The molecule has 4 N–H and O–H groups in total. The van der Waals surface area contributed by atoms with Gasteiger partial charge in [-0.15, -0.1) is 0 Å². The molecule has 1 saturated heterocycles. The fraction of sp³-hybridized carbons (Fsp3) is 0.500. The predicted octanol–water partition coefficient (Wildman–Crippen LogP) is 0.385. The lowest BCUT2D eigenvalue weighted by Gasteiger charge is -2.33. The summed E-state index contributed by atoms with van der Waals surface area (Å²) < 4.78 is 0. The first-order valence-corrected chi connectivity index (χ1v) is 6.04. The Morgan fingerprint density at radius 1 is 1.50 bits per heavy atom. The van der Waals surface area contributed by atoms with Gasteiger partial charge in [-0.1, -0.05) is 5.16 Å². The van der Waals surface area contributed by atoms with E-state index in [2.05, 4.69) is 15.0 Å². The predicted molar refractivity (Wildman–Crippen MR) is 68.8 cm³/mol. The van der Waals surface area contributed by atoms with Gasteiger partial charge in [-0.25, -0.2) is 0 Å². The lowest BCUT2D eigenvalue weighted by Crippen LogP contribution is -2.36. The van der Waals surface area contributed by atoms with Crippen LogP contribution in [0.4, 0.5) is 5.69 Å². The van der Waals surface area contributed by atoms with E-state index in [1.54, 1.807) is 18.5 Å². The smallest absolute Gasteiger partial charge is 0.172 e. The molecule has 1 aromatic rings. The maximum atomic E-state index is 9.13. The Kier molecular flexibility index (Phi) is 3.99. The number of oxime groups is 1. The minimum absolute atomic E-state index is 0.0941. The van der Waals surface area contributed by atoms with Crippen LogP contribution in [0.15, 0.2) is 23.6 Å². The van der Waals surface area contributed by atoms with Gasteiger partial charge in [0, 0.05) is 31.5 Å². The van der Waals surface area contributed by atoms with Crippen LogP contribution >= 0.6 is 0 Å². The van der Waals surface area contributed by atoms with E-state index in [0.717, 1.165) is 31.6 Å². The molecule has 0 saturated carbocycles. The molecule has 0 amide bonds. The molecule has 2 heterocycles. The van der Waals surface area contributed by atoms with Gasteiger partial charge in [-0.2, -0.15) is 0 Å². The highest BCUT2D eigenvalue weighted by Crippen LogP contribution is 2.25. The van der Waals surface area contributed by atoms with Crippen LogP contribution in [0.2, 0.25) is 0 Å². The third-order valence-electron chi connectivity index (χ3n) is 3.40. The molecule has 0 unspecified atom stereocenters. The van der Waals surface area contributed by atoms with Gasteiger partial charge in [0.1, 0.15) is 0 Å². The molecule has 0 radical (unpaired) electrons. The minimum atomic E-state index is 0.0941. The third kappa shape index (κ3) is 2.53. The molecule has 1 aliphatic heterocycles. The quantitative estimate of drug-likeness (QED) is 0.312. The van der Waals surface area contributed by atoms with Gasteiger partial charge in [-0.3, -0.25) is 4.98 Å². The third-order valence-corrected chi connectivity index (χ3v) is 3.40. The summed E-state index contributed by atoms with van der Waals surface area (Å²) in [5.41, 5.74) is 7.23. The normalized spacial score (nSPS) is 18.1. The molecule has 2 rings (SSSR count). The molecule has 0 atom stereocenters. The Morgan fingerprint density at radius 2 is 2.22 bits per heavy atom. The van der Waals surface area contributed by atoms with Crippen molar-refractivity contribution in [1.82, 2.24) is 4.98 Å². The van der Waals surface area contributed by atoms with E-state index in [4.69, 9.17) is 16.0 Å². The summed E-state index contributed by atoms with van der Waals surface area (Å²) in [6.45, 7) is 1.94. The van der Waals surface area contributed by atoms with Gasteiger partial charge in [0.25, 0.3) is 0 Å². The van der Waals surface area contributed by atoms with Crippen LogP contribution < -0.4 is 10.6 Å².